The van der Waals surface area contributed by atoms with E-state index >= 15 is 0 Å². The summed E-state index contributed by atoms with van der Waals surface area (Å²) in [6.07, 6.45) is 1.37. The second kappa shape index (κ2) is 7.99. The Hall–Kier alpha value is -3.21. The summed E-state index contributed by atoms with van der Waals surface area (Å²) >= 11 is 0. The van der Waals surface area contributed by atoms with Gasteiger partial charge in [0.2, 0.25) is 5.91 Å². The lowest BCUT2D eigenvalue weighted by Gasteiger charge is -2.12. The van der Waals surface area contributed by atoms with Crippen molar-refractivity contribution in [2.45, 2.75) is 33.2 Å². The topological polar surface area (TPSA) is 101 Å². The summed E-state index contributed by atoms with van der Waals surface area (Å²) in [7, 11) is 0. The van der Waals surface area contributed by atoms with E-state index in [1.165, 1.54) is 17.7 Å². The highest BCUT2D eigenvalue weighted by atomic mass is 19.1. The molecular formula is C19H20F2N4O2. The number of benzene rings is 1. The minimum Gasteiger partial charge on any atom is -0.370 e. The molecule has 1 aromatic carbocycles. The van der Waals surface area contributed by atoms with E-state index in [9.17, 15) is 23.6 Å². The highest BCUT2D eigenvalue weighted by Gasteiger charge is 2.27. The van der Waals surface area contributed by atoms with Gasteiger partial charge in [0, 0.05) is 36.3 Å². The number of halogens is 2. The van der Waals surface area contributed by atoms with Crippen LogP contribution in [0, 0.1) is 29.9 Å². The van der Waals surface area contributed by atoms with Crippen molar-refractivity contribution in [3.8, 4) is 17.2 Å². The number of amides is 2. The number of carbonyl (C=O) groups is 2. The summed E-state index contributed by atoms with van der Waals surface area (Å²) in [6, 6.07) is 3.75. The van der Waals surface area contributed by atoms with Crippen LogP contribution in [0.2, 0.25) is 0 Å². The number of nitrogens with zero attached hydrogens (tertiary/aromatic N) is 2. The number of aromatic nitrogens is 1. The summed E-state index contributed by atoms with van der Waals surface area (Å²) in [6.45, 7) is 4.98. The van der Waals surface area contributed by atoms with Gasteiger partial charge in [-0.2, -0.15) is 5.26 Å². The molecule has 142 valence electrons. The first-order valence-electron chi connectivity index (χ1n) is 8.35. The fourth-order valence-electron chi connectivity index (χ4n) is 2.83. The molecule has 0 saturated carbocycles. The Morgan fingerprint density at radius 2 is 1.89 bits per heavy atom. The molecular weight excluding hydrogens is 354 g/mol. The predicted octanol–water partition coefficient (Wildman–Crippen LogP) is 2.80. The van der Waals surface area contributed by atoms with Crippen molar-refractivity contribution in [2.75, 3.05) is 6.54 Å². The zero-order valence-electron chi connectivity index (χ0n) is 15.3. The Bertz CT molecular complexity index is 942. The molecule has 1 aromatic heterocycles. The van der Waals surface area contributed by atoms with E-state index in [0.717, 1.165) is 12.1 Å². The number of hydrogen-bond donors (Lipinski definition) is 2. The predicted molar refractivity (Wildman–Crippen MR) is 95.8 cm³/mol. The van der Waals surface area contributed by atoms with Gasteiger partial charge in [0.05, 0.1) is 5.56 Å². The molecule has 0 bridgehead atoms. The van der Waals surface area contributed by atoms with E-state index in [2.05, 4.69) is 5.32 Å². The van der Waals surface area contributed by atoms with Crippen LogP contribution in [0.4, 0.5) is 8.78 Å². The number of nitriles is 1. The van der Waals surface area contributed by atoms with E-state index in [1.807, 2.05) is 6.07 Å². The number of carbonyl (C=O) groups excluding carboxylic acids is 2. The van der Waals surface area contributed by atoms with Crippen LogP contribution in [0.1, 0.15) is 47.9 Å². The van der Waals surface area contributed by atoms with Gasteiger partial charge in [-0.1, -0.05) is 0 Å². The van der Waals surface area contributed by atoms with Gasteiger partial charge < -0.3 is 15.6 Å². The molecule has 0 aliphatic carbocycles. The molecule has 0 saturated heterocycles. The molecule has 2 aromatic rings. The first-order chi connectivity index (χ1) is 12.7. The van der Waals surface area contributed by atoms with E-state index in [0.29, 0.717) is 0 Å². The Balaban J connectivity index is 2.69. The van der Waals surface area contributed by atoms with Crippen molar-refractivity contribution in [3.05, 3.63) is 46.8 Å². The van der Waals surface area contributed by atoms with Crippen LogP contribution >= 0.6 is 0 Å². The van der Waals surface area contributed by atoms with Crippen molar-refractivity contribution in [3.63, 3.8) is 0 Å². The maximum absolute atomic E-state index is 14.6. The van der Waals surface area contributed by atoms with Crippen molar-refractivity contribution in [1.82, 2.24) is 9.88 Å². The average Bonchev–Trinajstić information content (AvgIpc) is 2.98. The third-order valence-corrected chi connectivity index (χ3v) is 4.19. The largest absolute Gasteiger partial charge is 0.370 e. The van der Waals surface area contributed by atoms with Crippen LogP contribution in [-0.2, 0) is 4.79 Å². The molecule has 2 rings (SSSR count). The molecule has 0 unspecified atom stereocenters. The zero-order chi connectivity index (χ0) is 20.3. The monoisotopic (exact) mass is 374 g/mol. The van der Waals surface area contributed by atoms with Crippen molar-refractivity contribution >= 4 is 11.8 Å². The molecule has 1 heterocycles. The quantitative estimate of drug-likeness (QED) is 0.813. The highest BCUT2D eigenvalue weighted by Crippen LogP contribution is 2.36. The standard InChI is InChI=1S/C19H20F2N4O2/c1-10(2)25-9-12(19(27)24-7-6-16(23)26)18(15(25)8-22)17-11(3)13(20)4-5-14(17)21/h4-5,9-10H,6-7H2,1-3H3,(H2,23,26)(H,24,27). The molecule has 27 heavy (non-hydrogen) atoms. The molecule has 0 fully saturated rings. The minimum absolute atomic E-state index is 0.000748. The molecule has 6 nitrogen and oxygen atoms in total. The van der Waals surface area contributed by atoms with Crippen molar-refractivity contribution < 1.29 is 18.4 Å². The molecule has 3 N–H and O–H groups in total. The number of nitrogens with two attached hydrogens (primary N) is 1. The van der Waals surface area contributed by atoms with Crippen molar-refractivity contribution in [2.24, 2.45) is 5.73 Å². The van der Waals surface area contributed by atoms with Gasteiger partial charge in [0.25, 0.3) is 5.91 Å². The number of hydrogen-bond acceptors (Lipinski definition) is 3. The number of nitrogens with one attached hydrogen (secondary N) is 1. The van der Waals surface area contributed by atoms with Gasteiger partial charge >= 0.3 is 0 Å². The smallest absolute Gasteiger partial charge is 0.253 e. The Morgan fingerprint density at radius 1 is 1.26 bits per heavy atom. The van der Waals surface area contributed by atoms with Gasteiger partial charge in [-0.25, -0.2) is 8.78 Å². The van der Waals surface area contributed by atoms with Crippen molar-refractivity contribution in [1.29, 1.82) is 5.26 Å². The third-order valence-electron chi connectivity index (χ3n) is 4.19. The van der Waals surface area contributed by atoms with Gasteiger partial charge in [-0.05, 0) is 38.5 Å². The van der Waals surface area contributed by atoms with Crippen LogP contribution in [0.3, 0.4) is 0 Å². The van der Waals surface area contributed by atoms with E-state index in [-0.39, 0.29) is 47.0 Å². The number of rotatable bonds is 6. The van der Waals surface area contributed by atoms with E-state index < -0.39 is 23.4 Å². The molecule has 0 spiro atoms. The highest BCUT2D eigenvalue weighted by molar-refractivity contribution is 6.02. The average molecular weight is 374 g/mol. The molecule has 2 amide bonds. The summed E-state index contributed by atoms with van der Waals surface area (Å²) in [5, 5.41) is 12.1. The van der Waals surface area contributed by atoms with Gasteiger partial charge in [0.1, 0.15) is 23.4 Å². The Morgan fingerprint density at radius 3 is 2.44 bits per heavy atom. The fourth-order valence-corrected chi connectivity index (χ4v) is 2.83. The lowest BCUT2D eigenvalue weighted by molar-refractivity contribution is -0.117. The molecule has 0 aliphatic heterocycles. The van der Waals surface area contributed by atoms with Crippen LogP contribution in [0.5, 0.6) is 0 Å². The van der Waals surface area contributed by atoms with Gasteiger partial charge in [0.15, 0.2) is 0 Å². The normalized spacial score (nSPS) is 10.7. The van der Waals surface area contributed by atoms with Crippen LogP contribution in [0.25, 0.3) is 11.1 Å². The van der Waals surface area contributed by atoms with E-state index in [4.69, 9.17) is 5.73 Å². The first kappa shape index (κ1) is 20.1. The van der Waals surface area contributed by atoms with Crippen LogP contribution in [0.15, 0.2) is 18.3 Å². The maximum Gasteiger partial charge on any atom is 0.253 e. The lowest BCUT2D eigenvalue weighted by atomic mass is 9.96. The minimum atomic E-state index is -0.738. The summed E-state index contributed by atoms with van der Waals surface area (Å²) in [5.41, 5.74) is 5.03. The third kappa shape index (κ3) is 3.97. The van der Waals surface area contributed by atoms with Gasteiger partial charge in [-0.15, -0.1) is 0 Å². The summed E-state index contributed by atoms with van der Waals surface area (Å²) < 4.78 is 30.2. The second-order valence-electron chi connectivity index (χ2n) is 6.38. The fraction of sp³-hybridized carbons (Fsp3) is 0.316. The summed E-state index contributed by atoms with van der Waals surface area (Å²) in [4.78, 5) is 23.5. The zero-order valence-corrected chi connectivity index (χ0v) is 15.3. The summed E-state index contributed by atoms with van der Waals surface area (Å²) in [5.74, 6) is -2.57. The molecule has 8 heteroatoms. The van der Waals surface area contributed by atoms with Crippen LogP contribution < -0.4 is 11.1 Å². The molecule has 0 radical (unpaired) electrons. The number of primary amides is 1. The Labute approximate surface area is 155 Å². The first-order valence-corrected chi connectivity index (χ1v) is 8.35. The second-order valence-corrected chi connectivity index (χ2v) is 6.38. The SMILES string of the molecule is Cc1c(F)ccc(F)c1-c1c(C(=O)NCCC(N)=O)cn(C(C)C)c1C#N. The lowest BCUT2D eigenvalue weighted by Crippen LogP contribution is -2.28. The van der Waals surface area contributed by atoms with Gasteiger partial charge in [-0.3, -0.25) is 9.59 Å². The maximum atomic E-state index is 14.6. The Kier molecular flexibility index (Phi) is 5.95. The van der Waals surface area contributed by atoms with E-state index in [1.54, 1.807) is 13.8 Å². The van der Waals surface area contributed by atoms with Crippen LogP contribution in [-0.4, -0.2) is 22.9 Å². The molecule has 0 aliphatic rings. The molecule has 0 atom stereocenters.